The van der Waals surface area contributed by atoms with Crippen molar-refractivity contribution in [1.29, 1.82) is 0 Å². The van der Waals surface area contributed by atoms with Crippen molar-refractivity contribution in [1.82, 2.24) is 9.55 Å². The van der Waals surface area contributed by atoms with E-state index >= 15 is 0 Å². The lowest BCUT2D eigenvalue weighted by molar-refractivity contribution is -0.158. The van der Waals surface area contributed by atoms with Gasteiger partial charge in [-0.1, -0.05) is 0 Å². The summed E-state index contributed by atoms with van der Waals surface area (Å²) in [7, 11) is 0. The van der Waals surface area contributed by atoms with Gasteiger partial charge in [-0.05, 0) is 6.42 Å². The number of ether oxygens (including phenoxy) is 1. The lowest BCUT2D eigenvalue weighted by Crippen LogP contribution is -2.52. The minimum atomic E-state index is -1.87. The van der Waals surface area contributed by atoms with Gasteiger partial charge in [0.25, 0.3) is 5.56 Å². The van der Waals surface area contributed by atoms with Crippen LogP contribution in [0.1, 0.15) is 12.8 Å². The molecule has 1 unspecified atom stereocenters. The number of aliphatic hydroxyl groups excluding tert-OH is 3. The van der Waals surface area contributed by atoms with Crippen molar-refractivity contribution in [2.45, 2.75) is 42.9 Å². The van der Waals surface area contributed by atoms with E-state index in [-0.39, 0.29) is 12.8 Å². The summed E-state index contributed by atoms with van der Waals surface area (Å²) in [5, 5.41) is 38.5. The van der Waals surface area contributed by atoms with E-state index in [1.165, 1.54) is 0 Å². The number of aliphatic carboxylic acids is 1. The fourth-order valence-electron chi connectivity index (χ4n) is 2.74. The minimum absolute atomic E-state index is 0.192. The molecule has 1 aliphatic heterocycles. The van der Waals surface area contributed by atoms with Gasteiger partial charge in [-0.2, -0.15) is 0 Å². The molecule has 1 aliphatic rings. The van der Waals surface area contributed by atoms with Crippen molar-refractivity contribution in [3.8, 4) is 0 Å². The Labute approximate surface area is 134 Å². The Balaban J connectivity index is 2.47. The van der Waals surface area contributed by atoms with E-state index in [0.29, 0.717) is 0 Å². The average molecular weight is 345 g/mol. The second kappa shape index (κ2) is 6.83. The number of nitrogens with zero attached hydrogens (tertiary/aromatic N) is 1. The molecule has 2 heterocycles. The molecule has 0 saturated carbocycles. The maximum Gasteiger partial charge on any atom is 0.330 e. The van der Waals surface area contributed by atoms with E-state index in [0.717, 1.165) is 16.8 Å². The molecule has 0 radical (unpaired) electrons. The molecule has 5 atom stereocenters. The summed E-state index contributed by atoms with van der Waals surface area (Å²) < 4.78 is 6.36. The summed E-state index contributed by atoms with van der Waals surface area (Å²) in [5.74, 6) is -1.29. The van der Waals surface area contributed by atoms with Gasteiger partial charge in [0.2, 0.25) is 0 Å². The molecule has 11 heteroatoms. The van der Waals surface area contributed by atoms with Crippen LogP contribution in [0.25, 0.3) is 0 Å². The first-order valence-electron chi connectivity index (χ1n) is 7.18. The van der Waals surface area contributed by atoms with Crippen LogP contribution >= 0.6 is 0 Å². The van der Waals surface area contributed by atoms with E-state index in [1.54, 1.807) is 0 Å². The molecule has 1 aromatic heterocycles. The molecule has 134 valence electrons. The van der Waals surface area contributed by atoms with Crippen molar-refractivity contribution in [3.63, 3.8) is 0 Å². The lowest BCUT2D eigenvalue weighted by Gasteiger charge is -2.34. The number of carbonyl (C=O) groups is 1. The van der Waals surface area contributed by atoms with Crippen LogP contribution < -0.4 is 17.0 Å². The topological polar surface area (TPSA) is 188 Å². The molecular formula is C13H19N3O8. The number of aliphatic hydroxyl groups is 3. The highest BCUT2D eigenvalue weighted by molar-refractivity contribution is 5.72. The molecule has 7 N–H and O–H groups in total. The van der Waals surface area contributed by atoms with Gasteiger partial charge in [-0.3, -0.25) is 19.1 Å². The number of hydrogen-bond donors (Lipinski definition) is 6. The smallest absolute Gasteiger partial charge is 0.330 e. The van der Waals surface area contributed by atoms with Gasteiger partial charge in [-0.15, -0.1) is 0 Å². The first-order valence-corrected chi connectivity index (χ1v) is 7.18. The van der Waals surface area contributed by atoms with E-state index in [9.17, 15) is 29.7 Å². The predicted molar refractivity (Wildman–Crippen MR) is 78.1 cm³/mol. The van der Waals surface area contributed by atoms with Crippen LogP contribution in [0.5, 0.6) is 0 Å². The zero-order valence-electron chi connectivity index (χ0n) is 12.5. The first kappa shape index (κ1) is 18.3. The maximum absolute atomic E-state index is 12.1. The fraction of sp³-hybridized carbons (Fsp3) is 0.615. The number of aromatic nitrogens is 2. The van der Waals surface area contributed by atoms with Crippen molar-refractivity contribution in [2.75, 3.05) is 6.61 Å². The van der Waals surface area contributed by atoms with E-state index in [1.807, 2.05) is 4.98 Å². The van der Waals surface area contributed by atoms with Gasteiger partial charge in [0.1, 0.15) is 24.4 Å². The zero-order valence-corrected chi connectivity index (χ0v) is 12.5. The maximum atomic E-state index is 12.1. The number of nitrogens with one attached hydrogen (secondary N) is 1. The molecule has 0 amide bonds. The molecule has 0 aliphatic carbocycles. The summed E-state index contributed by atoms with van der Waals surface area (Å²) in [6.45, 7) is -0.636. The van der Waals surface area contributed by atoms with E-state index in [4.69, 9.17) is 15.6 Å². The number of rotatable bonds is 6. The molecule has 0 spiro atoms. The molecule has 0 aromatic carbocycles. The SMILES string of the molecule is NC(CC[C@@]1(n2ccc(=O)[nH]c2=O)O[C@H](CO)[C@@H](O)[C@H]1O)C(=O)O. The molecule has 1 saturated heterocycles. The van der Waals surface area contributed by atoms with Gasteiger partial charge >= 0.3 is 11.7 Å². The zero-order chi connectivity index (χ0) is 18.1. The van der Waals surface area contributed by atoms with Crippen LogP contribution in [-0.2, 0) is 15.3 Å². The molecule has 0 bridgehead atoms. The Kier molecular flexibility index (Phi) is 5.20. The lowest BCUT2D eigenvalue weighted by atomic mass is 9.95. The number of hydrogen-bond acceptors (Lipinski definition) is 8. The highest BCUT2D eigenvalue weighted by atomic mass is 16.6. The van der Waals surface area contributed by atoms with Gasteiger partial charge in [0.05, 0.1) is 6.61 Å². The molecule has 11 nitrogen and oxygen atoms in total. The summed E-state index contributed by atoms with van der Waals surface area (Å²) >= 11 is 0. The molecule has 1 fully saturated rings. The summed E-state index contributed by atoms with van der Waals surface area (Å²) in [4.78, 5) is 36.2. The Hall–Kier alpha value is -2.05. The number of carboxylic acid groups (broad SMARTS) is 1. The third-order valence-corrected chi connectivity index (χ3v) is 4.06. The third kappa shape index (κ3) is 3.12. The Morgan fingerprint density at radius 2 is 2.12 bits per heavy atom. The molecule has 1 aromatic rings. The second-order valence-electron chi connectivity index (χ2n) is 5.58. The average Bonchev–Trinajstić information content (AvgIpc) is 2.77. The number of H-pyrrole nitrogens is 1. The summed E-state index contributed by atoms with van der Waals surface area (Å²) in [6, 6.07) is -0.281. The van der Waals surface area contributed by atoms with Crippen LogP contribution in [0.3, 0.4) is 0 Å². The number of aromatic amines is 1. The second-order valence-corrected chi connectivity index (χ2v) is 5.58. The predicted octanol–water partition coefficient (Wildman–Crippen LogP) is -3.51. The molecule has 2 rings (SSSR count). The molecular weight excluding hydrogens is 326 g/mol. The minimum Gasteiger partial charge on any atom is -0.480 e. The van der Waals surface area contributed by atoms with Crippen molar-refractivity contribution < 1.29 is 30.0 Å². The van der Waals surface area contributed by atoms with Gasteiger partial charge in [0, 0.05) is 18.7 Å². The quantitative estimate of drug-likeness (QED) is 0.304. The van der Waals surface area contributed by atoms with Crippen LogP contribution in [0.4, 0.5) is 0 Å². The fourth-order valence-corrected chi connectivity index (χ4v) is 2.74. The Morgan fingerprint density at radius 3 is 2.62 bits per heavy atom. The molecule has 24 heavy (non-hydrogen) atoms. The van der Waals surface area contributed by atoms with E-state index < -0.39 is 53.9 Å². The van der Waals surface area contributed by atoms with Crippen molar-refractivity contribution >= 4 is 5.97 Å². The highest BCUT2D eigenvalue weighted by Crippen LogP contribution is 2.38. The number of carboxylic acids is 1. The third-order valence-electron chi connectivity index (χ3n) is 4.06. The largest absolute Gasteiger partial charge is 0.480 e. The summed E-state index contributed by atoms with van der Waals surface area (Å²) in [5.41, 5.74) is 1.97. The Bertz CT molecular complexity index is 716. The van der Waals surface area contributed by atoms with Crippen LogP contribution in [0.15, 0.2) is 21.9 Å². The number of nitrogens with two attached hydrogens (primary N) is 1. The van der Waals surface area contributed by atoms with Crippen molar-refractivity contribution in [3.05, 3.63) is 33.1 Å². The van der Waals surface area contributed by atoms with Crippen LogP contribution in [0.2, 0.25) is 0 Å². The monoisotopic (exact) mass is 345 g/mol. The van der Waals surface area contributed by atoms with Crippen molar-refractivity contribution in [2.24, 2.45) is 5.73 Å². The van der Waals surface area contributed by atoms with Gasteiger partial charge < -0.3 is 30.9 Å². The summed E-state index contributed by atoms with van der Waals surface area (Å²) in [6.07, 6.45) is -3.75. The van der Waals surface area contributed by atoms with Crippen LogP contribution in [-0.4, -0.2) is 66.9 Å². The Morgan fingerprint density at radius 1 is 1.46 bits per heavy atom. The normalized spacial score (nSPS) is 31.1. The first-order chi connectivity index (χ1) is 11.2. The van der Waals surface area contributed by atoms with Gasteiger partial charge in [-0.25, -0.2) is 4.79 Å². The highest BCUT2D eigenvalue weighted by Gasteiger charge is 2.55. The van der Waals surface area contributed by atoms with Crippen LogP contribution in [0, 0.1) is 0 Å². The van der Waals surface area contributed by atoms with E-state index in [2.05, 4.69) is 0 Å². The standard InChI is InChI=1S/C13H19N3O8/c14-6(11(21)22)1-3-13(10(20)9(19)7(5-17)24-13)16-4-2-8(18)15-12(16)23/h2,4,6-7,9-10,17,19-20H,1,3,5,14H2,(H,21,22)(H,15,18,23)/t6?,7-,9-,10-,13-/m1/s1. The van der Waals surface area contributed by atoms with Gasteiger partial charge in [0.15, 0.2) is 5.72 Å².